The Morgan fingerprint density at radius 3 is 2.75 bits per heavy atom. The van der Waals surface area contributed by atoms with Gasteiger partial charge in [0.2, 0.25) is 5.95 Å². The molecule has 5 nitrogen and oxygen atoms in total. The molecule has 2 heterocycles. The minimum Gasteiger partial charge on any atom is -0.497 e. The number of nitrogens with two attached hydrogens (primary N) is 1. The van der Waals surface area contributed by atoms with Crippen molar-refractivity contribution in [1.82, 2.24) is 14.5 Å². The van der Waals surface area contributed by atoms with E-state index in [2.05, 4.69) is 14.5 Å². The van der Waals surface area contributed by atoms with Crippen LogP contribution in [0.15, 0.2) is 18.2 Å². The van der Waals surface area contributed by atoms with Crippen molar-refractivity contribution in [3.63, 3.8) is 0 Å². The number of anilines is 1. The Hall–Kier alpha value is -1.75. The van der Waals surface area contributed by atoms with Crippen molar-refractivity contribution >= 4 is 17.0 Å². The maximum absolute atomic E-state index is 6.05. The van der Waals surface area contributed by atoms with Gasteiger partial charge in [0.1, 0.15) is 5.75 Å². The summed E-state index contributed by atoms with van der Waals surface area (Å²) in [5, 5.41) is 0. The molecule has 2 aromatic rings. The molecule has 1 aromatic heterocycles. The number of rotatable bonds is 4. The van der Waals surface area contributed by atoms with Crippen molar-refractivity contribution in [2.45, 2.75) is 25.8 Å². The Balaban J connectivity index is 1.78. The zero-order valence-corrected chi connectivity index (χ0v) is 12.0. The van der Waals surface area contributed by atoms with E-state index in [9.17, 15) is 0 Å². The third-order valence-electron chi connectivity index (χ3n) is 4.07. The number of aromatic nitrogens is 2. The van der Waals surface area contributed by atoms with E-state index in [-0.39, 0.29) is 0 Å². The summed E-state index contributed by atoms with van der Waals surface area (Å²) in [7, 11) is 1.66. The minimum absolute atomic E-state index is 0.588. The number of ether oxygens (including phenoxy) is 1. The largest absolute Gasteiger partial charge is 0.497 e. The molecule has 0 bridgehead atoms. The van der Waals surface area contributed by atoms with E-state index < -0.39 is 0 Å². The number of piperidine rings is 1. The highest BCUT2D eigenvalue weighted by Crippen LogP contribution is 2.23. The number of hydrogen-bond acceptors (Lipinski definition) is 4. The molecule has 0 aliphatic carbocycles. The van der Waals surface area contributed by atoms with Gasteiger partial charge in [0.05, 0.1) is 18.1 Å². The molecule has 1 aromatic carbocycles. The predicted molar refractivity (Wildman–Crippen MR) is 81.0 cm³/mol. The molecule has 1 aliphatic rings. The van der Waals surface area contributed by atoms with Crippen molar-refractivity contribution in [3.8, 4) is 5.75 Å². The van der Waals surface area contributed by atoms with Gasteiger partial charge >= 0.3 is 0 Å². The van der Waals surface area contributed by atoms with Crippen molar-refractivity contribution in [2.75, 3.05) is 32.5 Å². The van der Waals surface area contributed by atoms with E-state index in [1.807, 2.05) is 18.2 Å². The average molecular weight is 274 g/mol. The van der Waals surface area contributed by atoms with Crippen LogP contribution in [-0.2, 0) is 6.54 Å². The summed E-state index contributed by atoms with van der Waals surface area (Å²) in [6.07, 6.45) is 4.00. The molecule has 1 saturated heterocycles. The second kappa shape index (κ2) is 5.71. The zero-order valence-electron chi connectivity index (χ0n) is 12.0. The van der Waals surface area contributed by atoms with Gasteiger partial charge in [-0.3, -0.25) is 0 Å². The van der Waals surface area contributed by atoms with Gasteiger partial charge in [0.25, 0.3) is 0 Å². The Morgan fingerprint density at radius 2 is 2.00 bits per heavy atom. The maximum atomic E-state index is 6.05. The predicted octanol–water partition coefficient (Wildman–Crippen LogP) is 2.11. The molecule has 0 atom stereocenters. The molecule has 108 valence electrons. The van der Waals surface area contributed by atoms with Gasteiger partial charge in [-0.25, -0.2) is 4.98 Å². The van der Waals surface area contributed by atoms with Crippen LogP contribution in [0.2, 0.25) is 0 Å². The van der Waals surface area contributed by atoms with Crippen LogP contribution in [0.1, 0.15) is 19.3 Å². The van der Waals surface area contributed by atoms with Crippen molar-refractivity contribution in [2.24, 2.45) is 0 Å². The van der Waals surface area contributed by atoms with Crippen LogP contribution in [0, 0.1) is 0 Å². The van der Waals surface area contributed by atoms with Gasteiger partial charge in [0.15, 0.2) is 0 Å². The van der Waals surface area contributed by atoms with E-state index >= 15 is 0 Å². The molecule has 0 amide bonds. The standard InChI is InChI=1S/C15H22N4O/c1-20-12-5-6-14-13(11-12)17-15(16)19(14)10-9-18-7-3-2-4-8-18/h5-6,11H,2-4,7-10H2,1H3,(H2,16,17). The second-order valence-corrected chi connectivity index (χ2v) is 5.38. The summed E-state index contributed by atoms with van der Waals surface area (Å²) >= 11 is 0. The summed E-state index contributed by atoms with van der Waals surface area (Å²) in [6.45, 7) is 4.36. The SMILES string of the molecule is COc1ccc2c(c1)nc(N)n2CCN1CCCCC1. The van der Waals surface area contributed by atoms with Crippen molar-refractivity contribution < 1.29 is 4.74 Å². The highest BCUT2D eigenvalue weighted by atomic mass is 16.5. The molecule has 0 spiro atoms. The molecule has 1 aliphatic heterocycles. The quantitative estimate of drug-likeness (QED) is 0.927. The first-order valence-corrected chi connectivity index (χ1v) is 7.30. The molecule has 0 radical (unpaired) electrons. The molecular formula is C15H22N4O. The zero-order chi connectivity index (χ0) is 13.9. The highest BCUT2D eigenvalue weighted by molar-refractivity contribution is 5.79. The van der Waals surface area contributed by atoms with Crippen molar-refractivity contribution in [1.29, 1.82) is 0 Å². The number of nitrogens with zero attached hydrogens (tertiary/aromatic N) is 3. The van der Waals surface area contributed by atoms with Gasteiger partial charge in [-0.15, -0.1) is 0 Å². The van der Waals surface area contributed by atoms with Gasteiger partial charge in [-0.1, -0.05) is 6.42 Å². The van der Waals surface area contributed by atoms with Crippen LogP contribution < -0.4 is 10.5 Å². The fourth-order valence-electron chi connectivity index (χ4n) is 2.91. The van der Waals surface area contributed by atoms with Crippen LogP contribution in [0.5, 0.6) is 5.75 Å². The smallest absolute Gasteiger partial charge is 0.201 e. The lowest BCUT2D eigenvalue weighted by Gasteiger charge is -2.26. The van der Waals surface area contributed by atoms with Crippen LogP contribution in [0.25, 0.3) is 11.0 Å². The number of fused-ring (bicyclic) bond motifs is 1. The lowest BCUT2D eigenvalue weighted by atomic mass is 10.1. The number of nitrogen functional groups attached to an aromatic ring is 1. The Morgan fingerprint density at radius 1 is 1.20 bits per heavy atom. The average Bonchev–Trinajstić information content (AvgIpc) is 2.80. The fourth-order valence-corrected chi connectivity index (χ4v) is 2.91. The highest BCUT2D eigenvalue weighted by Gasteiger charge is 2.13. The first-order chi connectivity index (χ1) is 9.78. The van der Waals surface area contributed by atoms with Crippen LogP contribution in [-0.4, -0.2) is 41.2 Å². The normalized spacial score (nSPS) is 16.6. The molecular weight excluding hydrogens is 252 g/mol. The molecule has 5 heteroatoms. The van der Waals surface area contributed by atoms with Gasteiger partial charge < -0.3 is 19.9 Å². The number of benzene rings is 1. The molecule has 20 heavy (non-hydrogen) atoms. The van der Waals surface area contributed by atoms with E-state index in [1.54, 1.807) is 7.11 Å². The van der Waals surface area contributed by atoms with Gasteiger partial charge in [-0.05, 0) is 38.1 Å². The Bertz CT molecular complexity index is 587. The monoisotopic (exact) mass is 274 g/mol. The topological polar surface area (TPSA) is 56.3 Å². The number of hydrogen-bond donors (Lipinski definition) is 1. The minimum atomic E-state index is 0.588. The Labute approximate surface area is 119 Å². The molecule has 2 N–H and O–H groups in total. The summed E-state index contributed by atoms with van der Waals surface area (Å²) in [5.74, 6) is 1.41. The molecule has 3 rings (SSSR count). The Kier molecular flexibility index (Phi) is 3.78. The van der Waals surface area contributed by atoms with E-state index in [0.29, 0.717) is 5.95 Å². The summed E-state index contributed by atoms with van der Waals surface area (Å²) in [5.41, 5.74) is 8.04. The van der Waals surface area contributed by atoms with E-state index in [4.69, 9.17) is 10.5 Å². The summed E-state index contributed by atoms with van der Waals surface area (Å²) in [4.78, 5) is 6.94. The third-order valence-corrected chi connectivity index (χ3v) is 4.07. The molecule has 0 saturated carbocycles. The molecule has 0 unspecified atom stereocenters. The maximum Gasteiger partial charge on any atom is 0.201 e. The third kappa shape index (κ3) is 2.58. The lowest BCUT2D eigenvalue weighted by Crippen LogP contribution is -2.32. The number of methoxy groups -OCH3 is 1. The van der Waals surface area contributed by atoms with Crippen LogP contribution in [0.4, 0.5) is 5.95 Å². The first-order valence-electron chi connectivity index (χ1n) is 7.30. The first kappa shape index (κ1) is 13.2. The number of imidazole rings is 1. The number of likely N-dealkylation sites (tertiary alicyclic amines) is 1. The van der Waals surface area contributed by atoms with E-state index in [1.165, 1.54) is 32.4 Å². The lowest BCUT2D eigenvalue weighted by molar-refractivity contribution is 0.222. The summed E-state index contributed by atoms with van der Waals surface area (Å²) in [6, 6.07) is 5.93. The van der Waals surface area contributed by atoms with Gasteiger partial charge in [-0.2, -0.15) is 0 Å². The molecule has 1 fully saturated rings. The van der Waals surface area contributed by atoms with Crippen LogP contribution >= 0.6 is 0 Å². The second-order valence-electron chi connectivity index (χ2n) is 5.38. The van der Waals surface area contributed by atoms with Crippen LogP contribution in [0.3, 0.4) is 0 Å². The van der Waals surface area contributed by atoms with E-state index in [0.717, 1.165) is 29.9 Å². The van der Waals surface area contributed by atoms with Crippen molar-refractivity contribution in [3.05, 3.63) is 18.2 Å². The fraction of sp³-hybridized carbons (Fsp3) is 0.533. The van der Waals surface area contributed by atoms with Gasteiger partial charge in [0, 0.05) is 19.2 Å². The summed E-state index contributed by atoms with van der Waals surface area (Å²) < 4.78 is 7.33.